The molecule has 0 heterocycles. The fraction of sp³-hybridized carbons (Fsp3) is 0.417. The van der Waals surface area contributed by atoms with Gasteiger partial charge in [-0.25, -0.2) is 0 Å². The van der Waals surface area contributed by atoms with Gasteiger partial charge in [-0.1, -0.05) is 6.07 Å². The zero-order valence-electron chi connectivity index (χ0n) is 10.1. The van der Waals surface area contributed by atoms with E-state index < -0.39 is 6.04 Å². The first-order chi connectivity index (χ1) is 8.06. The SMILES string of the molecule is CSCC[C@@H](N)C(=O)N(C)c1cccc(O)c1. The largest absolute Gasteiger partial charge is 0.508 e. The third kappa shape index (κ3) is 3.94. The predicted molar refractivity (Wildman–Crippen MR) is 72.5 cm³/mol. The van der Waals surface area contributed by atoms with Crippen LogP contribution in [-0.2, 0) is 4.79 Å². The smallest absolute Gasteiger partial charge is 0.243 e. The molecular weight excluding hydrogens is 236 g/mol. The van der Waals surface area contributed by atoms with Gasteiger partial charge in [0.1, 0.15) is 5.75 Å². The molecule has 1 atom stereocenters. The number of hydrogen-bond acceptors (Lipinski definition) is 4. The van der Waals surface area contributed by atoms with E-state index in [2.05, 4.69) is 0 Å². The second kappa shape index (κ2) is 6.51. The van der Waals surface area contributed by atoms with Crippen molar-refractivity contribution in [3.63, 3.8) is 0 Å². The molecule has 0 aliphatic rings. The highest BCUT2D eigenvalue weighted by Crippen LogP contribution is 2.19. The van der Waals surface area contributed by atoms with Gasteiger partial charge in [0.15, 0.2) is 0 Å². The lowest BCUT2D eigenvalue weighted by Gasteiger charge is -2.21. The van der Waals surface area contributed by atoms with Crippen molar-refractivity contribution >= 4 is 23.4 Å². The summed E-state index contributed by atoms with van der Waals surface area (Å²) < 4.78 is 0. The third-order valence-corrected chi connectivity index (χ3v) is 3.14. The summed E-state index contributed by atoms with van der Waals surface area (Å²) >= 11 is 1.67. The van der Waals surface area contributed by atoms with E-state index in [0.29, 0.717) is 12.1 Å². The number of amides is 1. The van der Waals surface area contributed by atoms with Crippen molar-refractivity contribution in [3.8, 4) is 5.75 Å². The molecule has 0 aliphatic carbocycles. The van der Waals surface area contributed by atoms with Crippen LogP contribution in [0.15, 0.2) is 24.3 Å². The van der Waals surface area contributed by atoms with Crippen LogP contribution in [0.4, 0.5) is 5.69 Å². The third-order valence-electron chi connectivity index (χ3n) is 2.50. The highest BCUT2D eigenvalue weighted by molar-refractivity contribution is 7.98. The maximum absolute atomic E-state index is 12.0. The fourth-order valence-electron chi connectivity index (χ4n) is 1.45. The van der Waals surface area contributed by atoms with Crippen LogP contribution < -0.4 is 10.6 Å². The van der Waals surface area contributed by atoms with Gasteiger partial charge in [0, 0.05) is 18.8 Å². The number of rotatable bonds is 5. The zero-order chi connectivity index (χ0) is 12.8. The number of aromatic hydroxyl groups is 1. The number of carbonyl (C=O) groups is 1. The number of nitrogens with zero attached hydrogens (tertiary/aromatic N) is 1. The van der Waals surface area contributed by atoms with Crippen LogP contribution in [-0.4, -0.2) is 36.1 Å². The summed E-state index contributed by atoms with van der Waals surface area (Å²) in [6, 6.07) is 6.07. The number of hydrogen-bond donors (Lipinski definition) is 2. The van der Waals surface area contributed by atoms with E-state index in [-0.39, 0.29) is 11.7 Å². The molecule has 0 fully saturated rings. The predicted octanol–water partition coefficient (Wildman–Crippen LogP) is 1.44. The standard InChI is InChI=1S/C12H18N2O2S/c1-14(9-4-3-5-10(15)8-9)12(16)11(13)6-7-17-2/h3-5,8,11,15H,6-7,13H2,1-2H3/t11-/m1/s1. The molecule has 0 aliphatic heterocycles. The van der Waals surface area contributed by atoms with Crippen LogP contribution in [0.1, 0.15) is 6.42 Å². The van der Waals surface area contributed by atoms with Crippen molar-refractivity contribution in [1.29, 1.82) is 0 Å². The minimum atomic E-state index is -0.491. The number of likely N-dealkylation sites (N-methyl/N-ethyl adjacent to an activating group) is 1. The van der Waals surface area contributed by atoms with Crippen LogP contribution in [0.3, 0.4) is 0 Å². The first-order valence-corrected chi connectivity index (χ1v) is 6.76. The van der Waals surface area contributed by atoms with Gasteiger partial charge in [-0.2, -0.15) is 11.8 Å². The van der Waals surface area contributed by atoms with E-state index in [4.69, 9.17) is 5.73 Å². The molecule has 0 bridgehead atoms. The molecule has 1 aromatic carbocycles. The van der Waals surface area contributed by atoms with Gasteiger partial charge >= 0.3 is 0 Å². The highest BCUT2D eigenvalue weighted by Gasteiger charge is 2.18. The Morgan fingerprint density at radius 3 is 2.88 bits per heavy atom. The average molecular weight is 254 g/mol. The second-order valence-electron chi connectivity index (χ2n) is 3.81. The topological polar surface area (TPSA) is 66.6 Å². The summed E-state index contributed by atoms with van der Waals surface area (Å²) in [5.41, 5.74) is 6.46. The maximum Gasteiger partial charge on any atom is 0.243 e. The lowest BCUT2D eigenvalue weighted by Crippen LogP contribution is -2.42. The number of phenolic OH excluding ortho intramolecular Hbond substituents is 1. The average Bonchev–Trinajstić information content (AvgIpc) is 2.34. The first kappa shape index (κ1) is 13.9. The number of phenols is 1. The minimum Gasteiger partial charge on any atom is -0.508 e. The lowest BCUT2D eigenvalue weighted by molar-refractivity contribution is -0.119. The molecule has 0 spiro atoms. The Labute approximate surface area is 106 Å². The molecule has 1 rings (SSSR count). The van der Waals surface area contributed by atoms with Crippen molar-refractivity contribution in [2.75, 3.05) is 24.0 Å². The summed E-state index contributed by atoms with van der Waals surface area (Å²) in [5, 5.41) is 9.35. The zero-order valence-corrected chi connectivity index (χ0v) is 10.9. The molecule has 94 valence electrons. The van der Waals surface area contributed by atoms with Gasteiger partial charge in [0.05, 0.1) is 6.04 Å². The Balaban J connectivity index is 2.69. The van der Waals surface area contributed by atoms with Gasteiger partial charge in [-0.15, -0.1) is 0 Å². The fourth-order valence-corrected chi connectivity index (χ4v) is 1.94. The number of nitrogens with two attached hydrogens (primary N) is 1. The molecule has 0 saturated carbocycles. The Kier molecular flexibility index (Phi) is 5.31. The summed E-state index contributed by atoms with van der Waals surface area (Å²) in [6.45, 7) is 0. The van der Waals surface area contributed by atoms with Crippen LogP contribution in [0.25, 0.3) is 0 Å². The molecule has 0 saturated heterocycles. The maximum atomic E-state index is 12.0. The number of benzene rings is 1. The van der Waals surface area contributed by atoms with Crippen LogP contribution in [0, 0.1) is 0 Å². The lowest BCUT2D eigenvalue weighted by atomic mass is 10.2. The van der Waals surface area contributed by atoms with Gasteiger partial charge in [0.2, 0.25) is 5.91 Å². The molecule has 4 nitrogen and oxygen atoms in total. The molecule has 17 heavy (non-hydrogen) atoms. The van der Waals surface area contributed by atoms with Crippen LogP contribution in [0.2, 0.25) is 0 Å². The van der Waals surface area contributed by atoms with Crippen molar-refractivity contribution in [3.05, 3.63) is 24.3 Å². The quantitative estimate of drug-likeness (QED) is 0.834. The van der Waals surface area contributed by atoms with Gasteiger partial charge < -0.3 is 15.7 Å². The first-order valence-electron chi connectivity index (χ1n) is 5.37. The monoisotopic (exact) mass is 254 g/mol. The summed E-state index contributed by atoms with van der Waals surface area (Å²) in [6.07, 6.45) is 2.64. The van der Waals surface area contributed by atoms with E-state index in [9.17, 15) is 9.90 Å². The number of carbonyl (C=O) groups excluding carboxylic acids is 1. The molecule has 0 radical (unpaired) electrons. The minimum absolute atomic E-state index is 0.135. The Bertz CT molecular complexity index is 385. The second-order valence-corrected chi connectivity index (χ2v) is 4.79. The van der Waals surface area contributed by atoms with E-state index in [1.807, 2.05) is 6.26 Å². The van der Waals surface area contributed by atoms with E-state index >= 15 is 0 Å². The molecule has 0 unspecified atom stereocenters. The van der Waals surface area contributed by atoms with Gasteiger partial charge in [-0.3, -0.25) is 4.79 Å². The molecule has 1 amide bonds. The number of anilines is 1. The molecule has 3 N–H and O–H groups in total. The Morgan fingerprint density at radius 2 is 2.29 bits per heavy atom. The van der Waals surface area contributed by atoms with E-state index in [0.717, 1.165) is 5.75 Å². The van der Waals surface area contributed by atoms with Gasteiger partial charge in [-0.05, 0) is 30.6 Å². The molecule has 5 heteroatoms. The normalized spacial score (nSPS) is 12.2. The van der Waals surface area contributed by atoms with Gasteiger partial charge in [0.25, 0.3) is 0 Å². The van der Waals surface area contributed by atoms with Crippen molar-refractivity contribution < 1.29 is 9.90 Å². The highest BCUT2D eigenvalue weighted by atomic mass is 32.2. The van der Waals surface area contributed by atoms with E-state index in [1.54, 1.807) is 43.1 Å². The van der Waals surface area contributed by atoms with Crippen LogP contribution in [0.5, 0.6) is 5.75 Å². The van der Waals surface area contributed by atoms with Crippen LogP contribution >= 0.6 is 11.8 Å². The molecule has 1 aromatic rings. The summed E-state index contributed by atoms with van der Waals surface area (Å²) in [5.74, 6) is 0.866. The molecular formula is C12H18N2O2S. The van der Waals surface area contributed by atoms with Crippen molar-refractivity contribution in [2.24, 2.45) is 5.73 Å². The van der Waals surface area contributed by atoms with Crippen molar-refractivity contribution in [2.45, 2.75) is 12.5 Å². The Morgan fingerprint density at radius 1 is 1.59 bits per heavy atom. The Hall–Kier alpha value is -1.20. The molecule has 0 aromatic heterocycles. The number of thioether (sulfide) groups is 1. The summed E-state index contributed by atoms with van der Waals surface area (Å²) in [7, 11) is 1.66. The summed E-state index contributed by atoms with van der Waals surface area (Å²) in [4.78, 5) is 13.4. The van der Waals surface area contributed by atoms with E-state index in [1.165, 1.54) is 4.90 Å². The van der Waals surface area contributed by atoms with Crippen molar-refractivity contribution in [1.82, 2.24) is 0 Å².